The van der Waals surface area contributed by atoms with Crippen LogP contribution in [-0.4, -0.2) is 8.97 Å². The lowest BCUT2D eigenvalue weighted by atomic mass is 9.92. The molecule has 0 radical (unpaired) electrons. The van der Waals surface area contributed by atoms with Crippen molar-refractivity contribution in [1.29, 1.82) is 0 Å². The Morgan fingerprint density at radius 2 is 1.03 bits per heavy atom. The number of benzene rings is 9. The standard InChI is InChI=1S/C58H38N2S/c1-36-24-30-42(54(32-36)59-51-20-6-2-13-43(51)44-14-3-7-21-52(44)59)41(33-37-25-27-38(28-26-37)39-29-31-56-50(35-39)46-16-5-9-23-55(46)61-56)34-40-12-10-17-48-49-19-11-18-47-45-15-4-8-22-53(45)60(57(40)48)58(47)49/h2-33,35H,34H2,1H3/b41-33+. The number of fused-ring (bicyclic) bond motifs is 12. The molecule has 4 aromatic heterocycles. The van der Waals surface area contributed by atoms with Gasteiger partial charge in [-0.2, -0.15) is 0 Å². The topological polar surface area (TPSA) is 9.34 Å². The zero-order chi connectivity index (χ0) is 40.2. The Morgan fingerprint density at radius 1 is 0.459 bits per heavy atom. The summed E-state index contributed by atoms with van der Waals surface area (Å²) < 4.78 is 7.69. The van der Waals surface area contributed by atoms with E-state index in [1.54, 1.807) is 0 Å². The van der Waals surface area contributed by atoms with E-state index in [0.29, 0.717) is 0 Å². The number of allylic oxidation sites excluding steroid dienone is 1. The van der Waals surface area contributed by atoms with Crippen LogP contribution in [0.15, 0.2) is 194 Å². The summed E-state index contributed by atoms with van der Waals surface area (Å²) in [6.45, 7) is 2.21. The van der Waals surface area contributed by atoms with Gasteiger partial charge in [-0.25, -0.2) is 0 Å². The van der Waals surface area contributed by atoms with Gasteiger partial charge >= 0.3 is 0 Å². The molecule has 3 heteroatoms. The van der Waals surface area contributed by atoms with Crippen LogP contribution in [0.4, 0.5) is 0 Å². The van der Waals surface area contributed by atoms with Crippen molar-refractivity contribution in [3.05, 3.63) is 216 Å². The minimum Gasteiger partial charge on any atom is -0.309 e. The normalized spacial score (nSPS) is 12.5. The van der Waals surface area contributed by atoms with Gasteiger partial charge in [0.1, 0.15) is 0 Å². The van der Waals surface area contributed by atoms with E-state index in [0.717, 1.165) is 6.42 Å². The van der Waals surface area contributed by atoms with Crippen LogP contribution in [0, 0.1) is 6.92 Å². The molecule has 61 heavy (non-hydrogen) atoms. The molecule has 13 aromatic rings. The van der Waals surface area contributed by atoms with Gasteiger partial charge in [-0.05, 0) is 82.8 Å². The van der Waals surface area contributed by atoms with Crippen LogP contribution in [-0.2, 0) is 6.42 Å². The fourth-order valence-corrected chi connectivity index (χ4v) is 11.4. The number of rotatable bonds is 6. The molecule has 0 amide bonds. The van der Waals surface area contributed by atoms with Gasteiger partial charge in [0.2, 0.25) is 0 Å². The van der Waals surface area contributed by atoms with Crippen molar-refractivity contribution in [2.45, 2.75) is 13.3 Å². The maximum absolute atomic E-state index is 2.54. The van der Waals surface area contributed by atoms with Crippen LogP contribution in [0.1, 0.15) is 22.3 Å². The maximum Gasteiger partial charge on any atom is 0.0620 e. The third-order valence-electron chi connectivity index (χ3n) is 13.0. The van der Waals surface area contributed by atoms with E-state index < -0.39 is 0 Å². The summed E-state index contributed by atoms with van der Waals surface area (Å²) in [5.41, 5.74) is 16.2. The Labute approximate surface area is 356 Å². The molecule has 0 unspecified atom stereocenters. The number of nitrogens with zero attached hydrogens (tertiary/aromatic N) is 2. The molecule has 2 nitrogen and oxygen atoms in total. The van der Waals surface area contributed by atoms with Crippen LogP contribution in [0.5, 0.6) is 0 Å². The highest BCUT2D eigenvalue weighted by molar-refractivity contribution is 7.25. The van der Waals surface area contributed by atoms with Gasteiger partial charge in [0, 0.05) is 64.5 Å². The molecule has 0 saturated heterocycles. The Kier molecular flexibility index (Phi) is 7.49. The predicted molar refractivity (Wildman–Crippen MR) is 263 cm³/mol. The van der Waals surface area contributed by atoms with Crippen molar-refractivity contribution in [2.75, 3.05) is 0 Å². The number of aromatic nitrogens is 2. The van der Waals surface area contributed by atoms with Gasteiger partial charge in [-0.15, -0.1) is 11.3 Å². The quantitative estimate of drug-likeness (QED) is 0.148. The van der Waals surface area contributed by atoms with Crippen LogP contribution >= 0.6 is 11.3 Å². The van der Waals surface area contributed by atoms with Crippen molar-refractivity contribution in [2.24, 2.45) is 0 Å². The second-order valence-electron chi connectivity index (χ2n) is 16.5. The van der Waals surface area contributed by atoms with Crippen LogP contribution in [0.3, 0.4) is 0 Å². The SMILES string of the molecule is Cc1ccc(/C(=C/c2ccc(-c3ccc4sc5ccccc5c4c3)cc2)Cc2cccc3c4cccc5c6ccccc6n(c23)c54)c(-n2c3ccccc3c3ccccc32)c1. The molecule has 286 valence electrons. The lowest BCUT2D eigenvalue weighted by molar-refractivity contribution is 1.15. The van der Waals surface area contributed by atoms with E-state index in [4.69, 9.17) is 0 Å². The van der Waals surface area contributed by atoms with E-state index in [-0.39, 0.29) is 0 Å². The van der Waals surface area contributed by atoms with Gasteiger partial charge < -0.3 is 8.97 Å². The lowest BCUT2D eigenvalue weighted by Crippen LogP contribution is -2.03. The van der Waals surface area contributed by atoms with Gasteiger partial charge in [-0.1, -0.05) is 158 Å². The second-order valence-corrected chi connectivity index (χ2v) is 17.6. The third-order valence-corrected chi connectivity index (χ3v) is 14.1. The van der Waals surface area contributed by atoms with Crippen molar-refractivity contribution >= 4 is 103 Å². The smallest absolute Gasteiger partial charge is 0.0620 e. The zero-order valence-electron chi connectivity index (χ0n) is 33.6. The summed E-state index contributed by atoms with van der Waals surface area (Å²) in [4.78, 5) is 0. The molecule has 0 bridgehead atoms. The molecule has 0 atom stereocenters. The largest absolute Gasteiger partial charge is 0.309 e. The molecule has 0 aliphatic heterocycles. The Morgan fingerprint density at radius 3 is 1.79 bits per heavy atom. The minimum absolute atomic E-state index is 0.752. The first-order valence-electron chi connectivity index (χ1n) is 21.1. The fraction of sp³-hybridized carbons (Fsp3) is 0.0345. The minimum atomic E-state index is 0.752. The molecular weight excluding hydrogens is 757 g/mol. The zero-order valence-corrected chi connectivity index (χ0v) is 34.4. The molecule has 0 fully saturated rings. The van der Waals surface area contributed by atoms with E-state index >= 15 is 0 Å². The Hall–Kier alpha value is -7.46. The Balaban J connectivity index is 1.03. The first-order valence-corrected chi connectivity index (χ1v) is 21.9. The molecule has 0 aliphatic carbocycles. The summed E-state index contributed by atoms with van der Waals surface area (Å²) in [6.07, 6.45) is 3.19. The van der Waals surface area contributed by atoms with Crippen LogP contribution in [0.25, 0.3) is 109 Å². The molecule has 0 N–H and O–H groups in total. The highest BCUT2D eigenvalue weighted by atomic mass is 32.1. The predicted octanol–water partition coefficient (Wildman–Crippen LogP) is 16.1. The maximum atomic E-state index is 2.54. The molecule has 9 aromatic carbocycles. The number of thiophene rings is 1. The molecule has 0 aliphatic rings. The summed E-state index contributed by atoms with van der Waals surface area (Å²) in [5.74, 6) is 0. The van der Waals surface area contributed by atoms with Crippen molar-refractivity contribution in [3.8, 4) is 16.8 Å². The molecule has 4 heterocycles. The number of aryl methyl sites for hydroxylation is 1. The molecule has 0 spiro atoms. The first-order chi connectivity index (χ1) is 30.2. The average molecular weight is 795 g/mol. The monoisotopic (exact) mass is 794 g/mol. The van der Waals surface area contributed by atoms with E-state index in [1.807, 2.05) is 11.3 Å². The molecular formula is C58H38N2S. The summed E-state index contributed by atoms with van der Waals surface area (Å²) in [7, 11) is 0. The second kappa shape index (κ2) is 13.3. The summed E-state index contributed by atoms with van der Waals surface area (Å²) in [5, 5.41) is 10.4. The van der Waals surface area contributed by atoms with Crippen molar-refractivity contribution in [3.63, 3.8) is 0 Å². The van der Waals surface area contributed by atoms with Crippen molar-refractivity contribution in [1.82, 2.24) is 8.97 Å². The van der Waals surface area contributed by atoms with Gasteiger partial charge in [0.05, 0.1) is 33.3 Å². The number of hydrogen-bond acceptors (Lipinski definition) is 1. The van der Waals surface area contributed by atoms with Gasteiger partial charge in [0.25, 0.3) is 0 Å². The van der Waals surface area contributed by atoms with E-state index in [9.17, 15) is 0 Å². The average Bonchev–Trinajstić information content (AvgIpc) is 4.05. The van der Waals surface area contributed by atoms with Crippen molar-refractivity contribution < 1.29 is 0 Å². The molecule has 0 saturated carbocycles. The van der Waals surface area contributed by atoms with Gasteiger partial charge in [-0.3, -0.25) is 0 Å². The highest BCUT2D eigenvalue weighted by Crippen LogP contribution is 2.43. The summed E-state index contributed by atoms with van der Waals surface area (Å²) >= 11 is 1.87. The Bertz CT molecular complexity index is 3860. The third kappa shape index (κ3) is 5.21. The first kappa shape index (κ1) is 34.4. The van der Waals surface area contributed by atoms with E-state index in [2.05, 4.69) is 216 Å². The van der Waals surface area contributed by atoms with Crippen LogP contribution in [0.2, 0.25) is 0 Å². The van der Waals surface area contributed by atoms with E-state index in [1.165, 1.54) is 125 Å². The number of para-hydroxylation sites is 5. The number of hydrogen-bond donors (Lipinski definition) is 0. The lowest BCUT2D eigenvalue weighted by Gasteiger charge is -2.18. The van der Waals surface area contributed by atoms with Gasteiger partial charge in [0.15, 0.2) is 0 Å². The summed E-state index contributed by atoms with van der Waals surface area (Å²) in [6, 6.07) is 72.1. The highest BCUT2D eigenvalue weighted by Gasteiger charge is 2.22. The molecule has 13 rings (SSSR count). The fourth-order valence-electron chi connectivity index (χ4n) is 10.3. The van der Waals surface area contributed by atoms with Crippen LogP contribution < -0.4 is 0 Å².